The van der Waals surface area contributed by atoms with Gasteiger partial charge in [0.1, 0.15) is 39.1 Å². The summed E-state index contributed by atoms with van der Waals surface area (Å²) in [4.78, 5) is 41.9. The number of nitro groups is 2. The number of nitrogens with zero attached hydrogens (tertiary/aromatic N) is 12. The van der Waals surface area contributed by atoms with Gasteiger partial charge in [-0.05, 0) is 76.4 Å². The molecule has 0 amide bonds. The number of rotatable bonds is 12. The van der Waals surface area contributed by atoms with Crippen LogP contribution in [0, 0.1) is 20.2 Å². The number of hydrogen-bond acceptors (Lipinski definition) is 26. The first-order valence-corrected chi connectivity index (χ1v) is 22.7. The molecule has 0 saturated heterocycles. The van der Waals surface area contributed by atoms with Crippen molar-refractivity contribution < 1.29 is 73.6 Å². The van der Waals surface area contributed by atoms with Crippen LogP contribution >= 0.6 is 23.2 Å². The number of nitrogens with two attached hydrogens (primary N) is 2. The Kier molecular flexibility index (Phi) is 15.6. The number of nitrogens with one attached hydrogen (secondary N) is 2. The Morgan fingerprint density at radius 2 is 1.05 bits per heavy atom. The van der Waals surface area contributed by atoms with Crippen LogP contribution in [-0.2, 0) is 37.6 Å². The maximum absolute atomic E-state index is 12.1. The Hall–Kier alpha value is -8.81. The summed E-state index contributed by atoms with van der Waals surface area (Å²) in [7, 11) is -9.60. The number of non-ortho nitro benzene ring substituents is 2. The van der Waals surface area contributed by atoms with E-state index in [0.29, 0.717) is 0 Å². The molecule has 0 unspecified atom stereocenters. The second kappa shape index (κ2) is 21.3. The van der Waals surface area contributed by atoms with Crippen LogP contribution in [0.4, 0.5) is 69.3 Å². The van der Waals surface area contributed by atoms with Crippen molar-refractivity contribution in [3.05, 3.63) is 116 Å². The number of nitro benzene ring substituents is 2. The number of halogens is 2. The summed E-state index contributed by atoms with van der Waals surface area (Å²) in [6.07, 6.45) is 0. The molecule has 0 saturated carbocycles. The molecule has 0 bridgehead atoms. The Bertz CT molecular complexity index is 3820. The van der Waals surface area contributed by atoms with Crippen molar-refractivity contribution in [1.82, 2.24) is 29.9 Å². The molecular weight excluding hydrogens is 1090 g/mol. The van der Waals surface area contributed by atoms with E-state index in [-0.39, 0.29) is 102 Å². The van der Waals surface area contributed by atoms with Gasteiger partial charge in [0.25, 0.3) is 31.6 Å². The second-order valence-corrected chi connectivity index (χ2v) is 17.5. The summed E-state index contributed by atoms with van der Waals surface area (Å²) in [5, 5.41) is 84.0. The predicted molar refractivity (Wildman–Crippen MR) is 254 cm³/mol. The molecule has 0 atom stereocenters. The Morgan fingerprint density at radius 3 is 1.56 bits per heavy atom. The SMILES string of the molecule is Nc1nc(Cl)nc(Nc2cc(S(=O)(=O)O)cc3ccc(N=Nc4cc([N+](=O)[O-])ccc4O)c(O)c23)n1.Nc1nc(Cl)nc(Nc2cccc3cc(S(=O)(=O)O)c(N=Nc4cc([N+](=O)[O-])ccc4O)c(O)c23)n1.[Cr]. The maximum atomic E-state index is 12.1. The van der Waals surface area contributed by atoms with Crippen molar-refractivity contribution in [2.24, 2.45) is 20.5 Å². The van der Waals surface area contributed by atoms with Crippen LogP contribution in [0.1, 0.15) is 0 Å². The van der Waals surface area contributed by atoms with Gasteiger partial charge in [-0.3, -0.25) is 29.3 Å². The molecule has 30 nitrogen and oxygen atoms in total. The Labute approximate surface area is 426 Å². The molecule has 2 heterocycles. The summed E-state index contributed by atoms with van der Waals surface area (Å²) in [6.45, 7) is 0. The topological polar surface area (TPSA) is 479 Å². The van der Waals surface area contributed by atoms with Gasteiger partial charge in [-0.15, -0.1) is 20.5 Å². The Balaban J connectivity index is 0.000000235. The molecule has 8 aromatic rings. The summed E-state index contributed by atoms with van der Waals surface area (Å²) in [6, 6.07) is 16.2. The molecule has 0 fully saturated rings. The number of benzene rings is 6. The third kappa shape index (κ3) is 12.4. The van der Waals surface area contributed by atoms with Crippen molar-refractivity contribution in [1.29, 1.82) is 0 Å². The molecule has 0 spiro atoms. The number of aromatic hydroxyl groups is 4. The van der Waals surface area contributed by atoms with E-state index in [1.807, 2.05) is 0 Å². The molecule has 8 rings (SSSR count). The summed E-state index contributed by atoms with van der Waals surface area (Å²) < 4.78 is 67.0. The summed E-state index contributed by atoms with van der Waals surface area (Å²) in [5.74, 6) is -2.88. The van der Waals surface area contributed by atoms with Gasteiger partial charge in [-0.1, -0.05) is 18.2 Å². The maximum Gasteiger partial charge on any atom is 0.296 e. The van der Waals surface area contributed by atoms with E-state index in [9.17, 15) is 66.6 Å². The van der Waals surface area contributed by atoms with Crippen LogP contribution in [0.3, 0.4) is 0 Å². The number of phenols is 4. The quantitative estimate of drug-likeness (QED) is 0.0240. The van der Waals surface area contributed by atoms with Crippen LogP contribution in [0.5, 0.6) is 23.0 Å². The van der Waals surface area contributed by atoms with Crippen LogP contribution in [0.2, 0.25) is 10.6 Å². The molecule has 0 aliphatic rings. The van der Waals surface area contributed by atoms with Gasteiger partial charge in [0.15, 0.2) is 11.5 Å². The number of hydrogen-bond donors (Lipinski definition) is 10. The first kappa shape index (κ1) is 53.5. The molecule has 73 heavy (non-hydrogen) atoms. The zero-order valence-electron chi connectivity index (χ0n) is 35.5. The molecule has 0 aliphatic heterocycles. The van der Waals surface area contributed by atoms with Gasteiger partial charge in [-0.25, -0.2) is 0 Å². The molecule has 12 N–H and O–H groups in total. The van der Waals surface area contributed by atoms with Crippen LogP contribution < -0.4 is 22.1 Å². The normalized spacial score (nSPS) is 11.6. The van der Waals surface area contributed by atoms with E-state index >= 15 is 0 Å². The van der Waals surface area contributed by atoms with E-state index in [4.69, 9.17) is 34.7 Å². The average Bonchev–Trinajstić information content (AvgIpc) is 3.28. The van der Waals surface area contributed by atoms with Crippen LogP contribution in [0.25, 0.3) is 21.5 Å². The van der Waals surface area contributed by atoms with Crippen LogP contribution in [-0.4, -0.2) is 86.1 Å². The van der Waals surface area contributed by atoms with E-state index in [1.54, 1.807) is 0 Å². The minimum atomic E-state index is -4.94. The average molecular weight is 1120 g/mol. The molecule has 0 aliphatic carbocycles. The Morgan fingerprint density at radius 1 is 0.562 bits per heavy atom. The van der Waals surface area contributed by atoms with Crippen molar-refractivity contribution in [3.63, 3.8) is 0 Å². The number of nitrogen functional groups attached to an aromatic ring is 2. The first-order chi connectivity index (χ1) is 33.9. The predicted octanol–water partition coefficient (Wildman–Crippen LogP) is 7.97. The zero-order valence-corrected chi connectivity index (χ0v) is 40.0. The van der Waals surface area contributed by atoms with Crippen molar-refractivity contribution >= 4 is 134 Å². The minimum absolute atomic E-state index is 0. The molecule has 0 radical (unpaired) electrons. The smallest absolute Gasteiger partial charge is 0.296 e. The van der Waals surface area contributed by atoms with E-state index in [0.717, 1.165) is 54.6 Å². The minimum Gasteiger partial charge on any atom is -0.506 e. The number of fused-ring (bicyclic) bond motifs is 2. The first-order valence-electron chi connectivity index (χ1n) is 19.1. The largest absolute Gasteiger partial charge is 0.506 e. The van der Waals surface area contributed by atoms with Gasteiger partial charge in [0.05, 0.1) is 26.1 Å². The van der Waals surface area contributed by atoms with E-state index in [2.05, 4.69) is 61.0 Å². The summed E-state index contributed by atoms with van der Waals surface area (Å²) >= 11 is 11.6. The fraction of sp³-hybridized carbons (Fsp3) is 0. The van der Waals surface area contributed by atoms with Gasteiger partial charge in [0, 0.05) is 52.4 Å². The van der Waals surface area contributed by atoms with E-state index in [1.165, 1.54) is 30.3 Å². The second-order valence-electron chi connectivity index (χ2n) is 14.0. The number of aromatic nitrogens is 6. The third-order valence-electron chi connectivity index (χ3n) is 9.30. The number of anilines is 6. The van der Waals surface area contributed by atoms with Crippen LogP contribution in [0.15, 0.2) is 115 Å². The van der Waals surface area contributed by atoms with Crippen molar-refractivity contribution in [2.45, 2.75) is 9.79 Å². The fourth-order valence-corrected chi connectivity index (χ4v) is 7.77. The van der Waals surface area contributed by atoms with E-state index < -0.39 is 79.9 Å². The van der Waals surface area contributed by atoms with Gasteiger partial charge < -0.3 is 42.5 Å². The summed E-state index contributed by atoms with van der Waals surface area (Å²) in [5.41, 5.74) is 8.92. The van der Waals surface area contributed by atoms with Gasteiger partial charge in [0.2, 0.25) is 34.4 Å². The number of phenolic OH excluding ortho intramolecular Hbond substituents is 4. The molecule has 6 aromatic carbocycles. The van der Waals surface area contributed by atoms with Gasteiger partial charge in [-0.2, -0.15) is 46.7 Å². The van der Waals surface area contributed by atoms with Crippen molar-refractivity contribution in [3.8, 4) is 23.0 Å². The number of azo groups is 2. The van der Waals surface area contributed by atoms with Gasteiger partial charge >= 0.3 is 0 Å². The zero-order chi connectivity index (χ0) is 52.4. The third-order valence-corrected chi connectivity index (χ3v) is 11.3. The molecule has 374 valence electrons. The molecule has 2 aromatic heterocycles. The molecular formula is C38H26Cl2CrN16O14S2. The molecule has 35 heteroatoms. The standard InChI is InChI=1S/2C19H13ClN8O7S.Cr/c20-17-23-18(21)25-19(24-17)22-13-7-10(36(33,34)35)5-8-1-3-11(16(30)15(8)13)26-27-12-6-9(28(31)32)2-4-14(12)29;20-17-23-18(21)25-19(24-17)22-10-3-1-2-8-6-13(36(33,34)35)15(16(30)14(8)10)27-26-11-7-9(28(31)32)4-5-12(11)29;/h2*1-7,29-30H,(H,33,34,35)(H3,21,22,23,24,25);. The van der Waals surface area contributed by atoms with Crippen molar-refractivity contribution in [2.75, 3.05) is 22.1 Å². The monoisotopic (exact) mass is 1120 g/mol. The fourth-order valence-electron chi connectivity index (χ4n) is 6.24.